The molecule has 1 atom stereocenters. The van der Waals surface area contributed by atoms with E-state index < -0.39 is 0 Å². The Morgan fingerprint density at radius 1 is 1.13 bits per heavy atom. The molecule has 1 aromatic carbocycles. The van der Waals surface area contributed by atoms with Crippen molar-refractivity contribution in [3.05, 3.63) is 30.5 Å². The van der Waals surface area contributed by atoms with Crippen LogP contribution in [0.3, 0.4) is 0 Å². The molecule has 168 valence electrons. The van der Waals surface area contributed by atoms with Gasteiger partial charge in [0.2, 0.25) is 5.95 Å². The molecule has 8 nitrogen and oxygen atoms in total. The molecular weight excluding hydrogens is 392 g/mol. The maximum Gasteiger partial charge on any atom is 0.343 e. The van der Waals surface area contributed by atoms with Gasteiger partial charge in [-0.05, 0) is 57.9 Å². The topological polar surface area (TPSA) is 73.8 Å². The van der Waals surface area contributed by atoms with Gasteiger partial charge in [0.25, 0.3) is 0 Å². The normalized spacial score (nSPS) is 14.7. The zero-order chi connectivity index (χ0) is 22.5. The number of aromatic nitrogens is 2. The number of carbonyl (C=O) groups excluding carboxylic acids is 1. The molecule has 1 N–H and O–H groups in total. The van der Waals surface area contributed by atoms with E-state index in [-0.39, 0.29) is 18.2 Å². The van der Waals surface area contributed by atoms with Crippen LogP contribution in [0.5, 0.6) is 5.75 Å². The maximum atomic E-state index is 13.0. The second kappa shape index (κ2) is 9.85. The predicted octanol–water partition coefficient (Wildman–Crippen LogP) is 5.20. The summed E-state index contributed by atoms with van der Waals surface area (Å²) in [6, 6.07) is 7.86. The van der Waals surface area contributed by atoms with E-state index >= 15 is 0 Å². The van der Waals surface area contributed by atoms with Crippen molar-refractivity contribution in [1.82, 2.24) is 15.0 Å². The Morgan fingerprint density at radius 3 is 2.42 bits per heavy atom. The Bertz CT molecular complexity index is 886. The zero-order valence-corrected chi connectivity index (χ0v) is 19.4. The SMILES string of the molecule is CCCC(CC)N1c2nc(Nc3ccc(OC(C)C)cc3)ncc2N(C)C(=O)N1CC. The Balaban J connectivity index is 1.94. The molecule has 1 unspecified atom stereocenters. The second-order valence-electron chi connectivity index (χ2n) is 7.97. The molecule has 0 fully saturated rings. The number of hydrogen-bond acceptors (Lipinski definition) is 6. The molecule has 8 heteroatoms. The average Bonchev–Trinajstić information content (AvgIpc) is 2.75. The number of nitrogens with one attached hydrogen (secondary N) is 1. The summed E-state index contributed by atoms with van der Waals surface area (Å²) in [6.45, 7) is 10.9. The highest BCUT2D eigenvalue weighted by molar-refractivity contribution is 5.98. The van der Waals surface area contributed by atoms with Crippen LogP contribution >= 0.6 is 0 Å². The van der Waals surface area contributed by atoms with Crippen LogP contribution in [-0.4, -0.2) is 46.7 Å². The molecule has 0 spiro atoms. The molecule has 2 aromatic rings. The minimum atomic E-state index is -0.0606. The first-order chi connectivity index (χ1) is 14.9. The Morgan fingerprint density at radius 2 is 1.84 bits per heavy atom. The van der Waals surface area contributed by atoms with Crippen LogP contribution in [-0.2, 0) is 0 Å². The van der Waals surface area contributed by atoms with Crippen LogP contribution in [0.4, 0.5) is 27.9 Å². The molecule has 0 aliphatic carbocycles. The van der Waals surface area contributed by atoms with Gasteiger partial charge in [0.1, 0.15) is 11.4 Å². The summed E-state index contributed by atoms with van der Waals surface area (Å²) >= 11 is 0. The monoisotopic (exact) mass is 426 g/mol. The van der Waals surface area contributed by atoms with E-state index in [4.69, 9.17) is 9.72 Å². The van der Waals surface area contributed by atoms with Crippen LogP contribution in [0.1, 0.15) is 53.9 Å². The van der Waals surface area contributed by atoms with Gasteiger partial charge in [-0.15, -0.1) is 0 Å². The first-order valence-electron chi connectivity index (χ1n) is 11.1. The number of carbonyl (C=O) groups is 1. The molecule has 0 saturated carbocycles. The number of nitrogens with zero attached hydrogens (tertiary/aromatic N) is 5. The lowest BCUT2D eigenvalue weighted by Gasteiger charge is -2.46. The highest BCUT2D eigenvalue weighted by atomic mass is 16.5. The van der Waals surface area contributed by atoms with Crippen molar-refractivity contribution in [1.29, 1.82) is 0 Å². The number of urea groups is 1. The summed E-state index contributed by atoms with van der Waals surface area (Å²) in [6.07, 6.45) is 4.78. The van der Waals surface area contributed by atoms with Gasteiger partial charge >= 0.3 is 6.03 Å². The van der Waals surface area contributed by atoms with Gasteiger partial charge in [-0.3, -0.25) is 9.91 Å². The Hall–Kier alpha value is -3.03. The summed E-state index contributed by atoms with van der Waals surface area (Å²) in [4.78, 5) is 23.9. The molecule has 1 aliphatic rings. The third kappa shape index (κ3) is 4.84. The molecule has 1 aliphatic heterocycles. The van der Waals surface area contributed by atoms with E-state index in [1.807, 2.05) is 45.0 Å². The van der Waals surface area contributed by atoms with Crippen LogP contribution in [0.15, 0.2) is 30.5 Å². The molecule has 2 heterocycles. The van der Waals surface area contributed by atoms with E-state index in [0.29, 0.717) is 12.5 Å². The Labute approximate surface area is 185 Å². The quantitative estimate of drug-likeness (QED) is 0.594. The smallest absolute Gasteiger partial charge is 0.343 e. The standard InChI is InChI=1S/C23H34N6O2/c1-7-10-18(8-2)29-21-20(27(6)23(30)28(29)9-3)15-24-22(26-21)25-17-11-13-19(14-12-17)31-16(4)5/h11-16,18H,7-10H2,1-6H3,(H,24,25,26). The molecule has 2 amide bonds. The lowest BCUT2D eigenvalue weighted by Crippen LogP contribution is -2.59. The van der Waals surface area contributed by atoms with Crippen molar-refractivity contribution in [3.8, 4) is 5.75 Å². The highest BCUT2D eigenvalue weighted by Crippen LogP contribution is 2.36. The van der Waals surface area contributed by atoms with Crippen molar-refractivity contribution in [2.24, 2.45) is 0 Å². The summed E-state index contributed by atoms with van der Waals surface area (Å²) < 4.78 is 5.71. The summed E-state index contributed by atoms with van der Waals surface area (Å²) in [7, 11) is 1.77. The fraction of sp³-hybridized carbons (Fsp3) is 0.522. The number of hydrazine groups is 1. The molecule has 3 rings (SSSR count). The predicted molar refractivity (Wildman–Crippen MR) is 125 cm³/mol. The third-order valence-electron chi connectivity index (χ3n) is 5.32. The van der Waals surface area contributed by atoms with Crippen LogP contribution in [0.2, 0.25) is 0 Å². The summed E-state index contributed by atoms with van der Waals surface area (Å²) in [5.74, 6) is 2.06. The first kappa shape index (κ1) is 22.7. The molecular formula is C23H34N6O2. The van der Waals surface area contributed by atoms with Crippen molar-refractivity contribution < 1.29 is 9.53 Å². The van der Waals surface area contributed by atoms with Gasteiger partial charge < -0.3 is 10.1 Å². The maximum absolute atomic E-state index is 13.0. The number of ether oxygens (including phenoxy) is 1. The fourth-order valence-electron chi connectivity index (χ4n) is 3.82. The zero-order valence-electron chi connectivity index (χ0n) is 19.4. The lowest BCUT2D eigenvalue weighted by atomic mass is 10.1. The van der Waals surface area contributed by atoms with Crippen LogP contribution in [0, 0.1) is 0 Å². The van der Waals surface area contributed by atoms with Crippen LogP contribution in [0.25, 0.3) is 0 Å². The van der Waals surface area contributed by atoms with E-state index in [2.05, 4.69) is 29.2 Å². The average molecular weight is 427 g/mol. The first-order valence-corrected chi connectivity index (χ1v) is 11.1. The van der Waals surface area contributed by atoms with Gasteiger partial charge in [0.15, 0.2) is 5.82 Å². The number of anilines is 4. The van der Waals surface area contributed by atoms with Crippen molar-refractivity contribution >= 4 is 29.2 Å². The Kier molecular flexibility index (Phi) is 7.20. The lowest BCUT2D eigenvalue weighted by molar-refractivity contribution is 0.188. The van der Waals surface area contributed by atoms with Gasteiger partial charge in [-0.25, -0.2) is 14.8 Å². The fourth-order valence-corrected chi connectivity index (χ4v) is 3.82. The number of benzene rings is 1. The van der Waals surface area contributed by atoms with Gasteiger partial charge in [0.05, 0.1) is 18.3 Å². The number of hydrogen-bond donors (Lipinski definition) is 1. The number of rotatable bonds is 9. The van der Waals surface area contributed by atoms with Crippen molar-refractivity contribution in [2.45, 2.75) is 66.0 Å². The molecule has 0 radical (unpaired) electrons. The molecule has 31 heavy (non-hydrogen) atoms. The third-order valence-corrected chi connectivity index (χ3v) is 5.32. The molecule has 0 bridgehead atoms. The van der Waals surface area contributed by atoms with Gasteiger partial charge in [-0.1, -0.05) is 20.3 Å². The van der Waals surface area contributed by atoms with Gasteiger partial charge in [0, 0.05) is 19.3 Å². The van der Waals surface area contributed by atoms with E-state index in [9.17, 15) is 4.79 Å². The molecule has 1 aromatic heterocycles. The van der Waals surface area contributed by atoms with Crippen molar-refractivity contribution in [3.63, 3.8) is 0 Å². The minimum absolute atomic E-state index is 0.0606. The second-order valence-corrected chi connectivity index (χ2v) is 7.97. The largest absolute Gasteiger partial charge is 0.491 e. The van der Waals surface area contributed by atoms with Crippen molar-refractivity contribution in [2.75, 3.05) is 28.8 Å². The van der Waals surface area contributed by atoms with E-state index in [1.165, 1.54) is 0 Å². The number of amides is 2. The van der Waals surface area contributed by atoms with Gasteiger partial charge in [-0.2, -0.15) is 4.98 Å². The van der Waals surface area contributed by atoms with E-state index in [0.717, 1.165) is 42.2 Å². The van der Waals surface area contributed by atoms with E-state index in [1.54, 1.807) is 23.2 Å². The minimum Gasteiger partial charge on any atom is -0.491 e. The van der Waals surface area contributed by atoms with Crippen LogP contribution < -0.4 is 20.0 Å². The summed E-state index contributed by atoms with van der Waals surface area (Å²) in [5.41, 5.74) is 1.59. The number of fused-ring (bicyclic) bond motifs is 1. The molecule has 0 saturated heterocycles. The summed E-state index contributed by atoms with van der Waals surface area (Å²) in [5, 5.41) is 7.12. The highest BCUT2D eigenvalue weighted by Gasteiger charge is 2.37.